The van der Waals surface area contributed by atoms with Gasteiger partial charge >= 0.3 is 5.97 Å². The molecular formula is C19H17FN2O3S2. The molecule has 0 bridgehead atoms. The fraction of sp³-hybridized carbons (Fsp3) is 0.211. The number of halogens is 1. The van der Waals surface area contributed by atoms with Crippen molar-refractivity contribution in [3.8, 4) is 0 Å². The highest BCUT2D eigenvalue weighted by Crippen LogP contribution is 2.24. The first-order chi connectivity index (χ1) is 13.0. The summed E-state index contributed by atoms with van der Waals surface area (Å²) < 4.78 is 21.0. The van der Waals surface area contributed by atoms with Crippen molar-refractivity contribution in [1.82, 2.24) is 4.57 Å². The predicted octanol–water partition coefficient (Wildman–Crippen LogP) is 3.87. The molecule has 0 aliphatic heterocycles. The molecule has 0 radical (unpaired) electrons. The second-order valence-corrected chi connectivity index (χ2v) is 7.79. The average molecular weight is 404 g/mol. The van der Waals surface area contributed by atoms with Crippen LogP contribution in [0.25, 0.3) is 10.2 Å². The number of nitrogens with zero attached hydrogens (tertiary/aromatic N) is 2. The number of thioether (sulfide) groups is 1. The lowest BCUT2D eigenvalue weighted by atomic mass is 10.2. The van der Waals surface area contributed by atoms with Crippen molar-refractivity contribution >= 4 is 45.2 Å². The molecule has 0 atom stereocenters. The first-order valence-corrected chi connectivity index (χ1v) is 10.0. The minimum Gasteiger partial charge on any atom is -0.468 e. The minimum atomic E-state index is -0.547. The Morgan fingerprint density at radius 1 is 1.22 bits per heavy atom. The van der Waals surface area contributed by atoms with Crippen LogP contribution in [-0.2, 0) is 16.1 Å². The second-order valence-electron chi connectivity index (χ2n) is 5.48. The number of hydrogen-bond acceptors (Lipinski definition) is 5. The Balaban J connectivity index is 2.16. The number of ether oxygens (including phenoxy) is 1. The third-order valence-electron chi connectivity index (χ3n) is 3.78. The lowest BCUT2D eigenvalue weighted by Gasteiger charge is -2.05. The number of hydrogen-bond donors (Lipinski definition) is 0. The fourth-order valence-corrected chi connectivity index (χ4v) is 4.42. The molecule has 0 aliphatic rings. The molecule has 1 aromatic heterocycles. The van der Waals surface area contributed by atoms with Gasteiger partial charge in [0.05, 0.1) is 22.9 Å². The highest BCUT2D eigenvalue weighted by atomic mass is 32.2. The molecule has 3 aromatic rings. The molecule has 0 aliphatic carbocycles. The van der Waals surface area contributed by atoms with Gasteiger partial charge in [-0.1, -0.05) is 36.5 Å². The summed E-state index contributed by atoms with van der Waals surface area (Å²) in [6.07, 6.45) is 0. The van der Waals surface area contributed by atoms with Crippen LogP contribution >= 0.6 is 23.1 Å². The van der Waals surface area contributed by atoms with Gasteiger partial charge in [-0.15, -0.1) is 11.8 Å². The minimum absolute atomic E-state index is 0.227. The Morgan fingerprint density at radius 3 is 2.74 bits per heavy atom. The van der Waals surface area contributed by atoms with Crippen molar-refractivity contribution in [1.29, 1.82) is 0 Å². The van der Waals surface area contributed by atoms with Crippen LogP contribution in [0.5, 0.6) is 0 Å². The Labute approximate surface area is 163 Å². The summed E-state index contributed by atoms with van der Waals surface area (Å²) in [7, 11) is 1.26. The van der Waals surface area contributed by atoms with Crippen LogP contribution in [0.2, 0.25) is 0 Å². The van der Waals surface area contributed by atoms with Crippen LogP contribution in [0.4, 0.5) is 4.39 Å². The highest BCUT2D eigenvalue weighted by molar-refractivity contribution is 7.99. The van der Waals surface area contributed by atoms with E-state index in [0.29, 0.717) is 10.3 Å². The topological polar surface area (TPSA) is 60.7 Å². The number of rotatable bonds is 5. The maximum atomic E-state index is 14.3. The number of esters is 1. The average Bonchev–Trinajstić information content (AvgIpc) is 3.00. The number of para-hydroxylation sites is 1. The van der Waals surface area contributed by atoms with Crippen LogP contribution in [0, 0.1) is 5.82 Å². The number of methoxy groups -OCH3 is 1. The molecule has 0 fully saturated rings. The molecular weight excluding hydrogens is 387 g/mol. The van der Waals surface area contributed by atoms with Gasteiger partial charge in [-0.25, -0.2) is 4.39 Å². The van der Waals surface area contributed by atoms with E-state index in [9.17, 15) is 14.0 Å². The number of amides is 1. The summed E-state index contributed by atoms with van der Waals surface area (Å²) in [6.45, 7) is 1.77. The number of benzene rings is 2. The highest BCUT2D eigenvalue weighted by Gasteiger charge is 2.16. The number of thiazole rings is 1. The van der Waals surface area contributed by atoms with E-state index in [1.54, 1.807) is 36.0 Å². The van der Waals surface area contributed by atoms with Crippen molar-refractivity contribution in [2.45, 2.75) is 18.4 Å². The van der Waals surface area contributed by atoms with Gasteiger partial charge in [0.25, 0.3) is 5.91 Å². The van der Waals surface area contributed by atoms with Gasteiger partial charge in [-0.3, -0.25) is 9.59 Å². The quantitative estimate of drug-likeness (QED) is 0.478. The van der Waals surface area contributed by atoms with Crippen molar-refractivity contribution in [3.63, 3.8) is 0 Å². The first kappa shape index (κ1) is 19.3. The van der Waals surface area contributed by atoms with Crippen LogP contribution < -0.4 is 4.80 Å². The molecule has 0 saturated heterocycles. The largest absolute Gasteiger partial charge is 0.468 e. The zero-order valence-corrected chi connectivity index (χ0v) is 16.4. The smallest absolute Gasteiger partial charge is 0.325 e. The van der Waals surface area contributed by atoms with Crippen LogP contribution in [-0.4, -0.2) is 29.3 Å². The molecule has 3 rings (SSSR count). The van der Waals surface area contributed by atoms with Gasteiger partial charge in [0, 0.05) is 4.90 Å². The fourth-order valence-electron chi connectivity index (χ4n) is 2.58. The molecule has 0 unspecified atom stereocenters. The molecule has 27 heavy (non-hydrogen) atoms. The van der Waals surface area contributed by atoms with E-state index >= 15 is 0 Å². The Hall–Kier alpha value is -2.45. The van der Waals surface area contributed by atoms with Crippen molar-refractivity contribution in [2.75, 3.05) is 12.9 Å². The molecule has 140 valence electrons. The standard InChI is InChI=1S/C19H17FN2O3S2/c1-3-26-14-9-5-4-7-12(14)18(24)21-19-22(11-16(23)25-2)17-13(20)8-6-10-15(17)27-19/h4-10H,3,11H2,1-2H3. The van der Waals surface area contributed by atoms with Gasteiger partial charge in [0.1, 0.15) is 12.4 Å². The third-order valence-corrected chi connectivity index (χ3v) is 5.78. The van der Waals surface area contributed by atoms with E-state index in [-0.39, 0.29) is 16.9 Å². The Bertz CT molecular complexity index is 1070. The Morgan fingerprint density at radius 2 is 2.00 bits per heavy atom. The molecule has 8 heteroatoms. The SMILES string of the molecule is CCSc1ccccc1C(=O)N=c1sc2cccc(F)c2n1CC(=O)OC. The van der Waals surface area contributed by atoms with Gasteiger partial charge < -0.3 is 9.30 Å². The normalized spacial score (nSPS) is 11.7. The maximum absolute atomic E-state index is 14.3. The Kier molecular flexibility index (Phi) is 6.08. The van der Waals surface area contributed by atoms with Gasteiger partial charge in [0.2, 0.25) is 0 Å². The monoisotopic (exact) mass is 404 g/mol. The molecule has 0 spiro atoms. The second kappa shape index (κ2) is 8.49. The first-order valence-electron chi connectivity index (χ1n) is 8.20. The molecule has 0 saturated carbocycles. The predicted molar refractivity (Wildman–Crippen MR) is 105 cm³/mol. The number of fused-ring (bicyclic) bond motifs is 1. The summed E-state index contributed by atoms with van der Waals surface area (Å²) in [5.74, 6) is -0.643. The summed E-state index contributed by atoms with van der Waals surface area (Å²) >= 11 is 2.70. The lowest BCUT2D eigenvalue weighted by Crippen LogP contribution is -2.23. The zero-order valence-electron chi connectivity index (χ0n) is 14.8. The zero-order chi connectivity index (χ0) is 19.4. The van der Waals surface area contributed by atoms with Crippen LogP contribution in [0.15, 0.2) is 52.4 Å². The number of carbonyl (C=O) groups is 2. The van der Waals surface area contributed by atoms with Crippen molar-refractivity contribution in [2.24, 2.45) is 4.99 Å². The lowest BCUT2D eigenvalue weighted by molar-refractivity contribution is -0.141. The molecule has 2 aromatic carbocycles. The van der Waals surface area contributed by atoms with Crippen LogP contribution in [0.3, 0.4) is 0 Å². The van der Waals surface area contributed by atoms with E-state index in [1.807, 2.05) is 19.1 Å². The number of aromatic nitrogens is 1. The van der Waals surface area contributed by atoms with E-state index in [1.165, 1.54) is 17.7 Å². The summed E-state index contributed by atoms with van der Waals surface area (Å²) in [5.41, 5.74) is 0.711. The van der Waals surface area contributed by atoms with E-state index < -0.39 is 17.7 Å². The van der Waals surface area contributed by atoms with Crippen molar-refractivity contribution in [3.05, 3.63) is 58.6 Å². The molecule has 1 heterocycles. The van der Waals surface area contributed by atoms with Gasteiger partial charge in [0.15, 0.2) is 4.80 Å². The third kappa shape index (κ3) is 4.12. The maximum Gasteiger partial charge on any atom is 0.325 e. The molecule has 0 N–H and O–H groups in total. The van der Waals surface area contributed by atoms with Gasteiger partial charge in [-0.05, 0) is 30.0 Å². The summed E-state index contributed by atoms with van der Waals surface area (Å²) in [4.78, 5) is 29.9. The van der Waals surface area contributed by atoms with Gasteiger partial charge in [-0.2, -0.15) is 4.99 Å². The molecule has 1 amide bonds. The molecule has 5 nitrogen and oxygen atoms in total. The van der Waals surface area contributed by atoms with E-state index in [2.05, 4.69) is 4.99 Å². The summed E-state index contributed by atoms with van der Waals surface area (Å²) in [6, 6.07) is 11.8. The number of carbonyl (C=O) groups excluding carboxylic acids is 2. The van der Waals surface area contributed by atoms with Crippen LogP contribution in [0.1, 0.15) is 17.3 Å². The van der Waals surface area contributed by atoms with Crippen molar-refractivity contribution < 1.29 is 18.7 Å². The van der Waals surface area contributed by atoms with E-state index in [4.69, 9.17) is 4.74 Å². The van der Waals surface area contributed by atoms with E-state index in [0.717, 1.165) is 22.0 Å². The summed E-state index contributed by atoms with van der Waals surface area (Å²) in [5, 5.41) is 0.